The summed E-state index contributed by atoms with van der Waals surface area (Å²) in [5, 5.41) is 8.20. The molecule has 0 unspecified atom stereocenters. The summed E-state index contributed by atoms with van der Waals surface area (Å²) >= 11 is 0. The van der Waals surface area contributed by atoms with Crippen molar-refractivity contribution in [1.82, 2.24) is 15.1 Å². The Hall–Kier alpha value is -3.35. The summed E-state index contributed by atoms with van der Waals surface area (Å²) in [5.41, 5.74) is 2.08. The fourth-order valence-corrected chi connectivity index (χ4v) is 4.31. The number of hydrogen-bond acceptors (Lipinski definition) is 4. The van der Waals surface area contributed by atoms with Crippen LogP contribution >= 0.6 is 0 Å². The van der Waals surface area contributed by atoms with Crippen molar-refractivity contribution in [2.24, 2.45) is 5.92 Å². The second-order valence-electron chi connectivity index (χ2n) is 7.65. The van der Waals surface area contributed by atoms with Crippen LogP contribution in [0, 0.1) is 5.92 Å². The lowest BCUT2D eigenvalue weighted by Crippen LogP contribution is -2.50. The minimum atomic E-state index is -0.304. The maximum absolute atomic E-state index is 13.1. The summed E-state index contributed by atoms with van der Waals surface area (Å²) in [6.45, 7) is 3.38. The Morgan fingerprint density at radius 1 is 0.966 bits per heavy atom. The van der Waals surface area contributed by atoms with Crippen molar-refractivity contribution in [1.29, 1.82) is 0 Å². The average molecular weight is 389 g/mol. The molecule has 7 nitrogen and oxygen atoms in total. The topological polar surface area (TPSA) is 72.5 Å². The quantitative estimate of drug-likeness (QED) is 0.746. The predicted octanol–water partition coefficient (Wildman–Crippen LogP) is 2.26. The number of carbonyl (C=O) groups excluding carboxylic acids is 2. The number of H-pyrrole nitrogens is 1. The number of nitrogens with one attached hydrogen (secondary N) is 1. The van der Waals surface area contributed by atoms with Crippen LogP contribution in [0.5, 0.6) is 0 Å². The number of hydrogen-bond donors (Lipinski definition) is 1. The van der Waals surface area contributed by atoms with Gasteiger partial charge in [0.15, 0.2) is 5.82 Å². The van der Waals surface area contributed by atoms with E-state index in [1.807, 2.05) is 47.4 Å². The Kier molecular flexibility index (Phi) is 4.42. The molecule has 1 atom stereocenters. The number of benzene rings is 2. The van der Waals surface area contributed by atoms with Crippen LogP contribution in [0.25, 0.3) is 10.9 Å². The van der Waals surface area contributed by atoms with Crippen molar-refractivity contribution in [3.8, 4) is 0 Å². The van der Waals surface area contributed by atoms with Gasteiger partial charge in [0.2, 0.25) is 11.8 Å². The molecule has 0 saturated carbocycles. The first-order valence-corrected chi connectivity index (χ1v) is 10.0. The number of aromatic amines is 1. The first kappa shape index (κ1) is 17.7. The molecule has 1 aromatic heterocycles. The van der Waals surface area contributed by atoms with Gasteiger partial charge in [0.25, 0.3) is 0 Å². The molecule has 2 fully saturated rings. The Morgan fingerprint density at radius 3 is 2.48 bits per heavy atom. The molecule has 2 aliphatic heterocycles. The highest BCUT2D eigenvalue weighted by atomic mass is 16.2. The van der Waals surface area contributed by atoms with Gasteiger partial charge in [-0.1, -0.05) is 30.3 Å². The Morgan fingerprint density at radius 2 is 1.69 bits per heavy atom. The Labute approximate surface area is 168 Å². The number of para-hydroxylation sites is 2. The standard InChI is InChI=1S/C22H23N5O2/c28-20-14-16(15-27(20)21-18-8-4-5-9-19(18)23-24-21)22(29)26-12-10-25(11-13-26)17-6-2-1-3-7-17/h1-9,16H,10-15H2,(H,23,24)/t16-/m1/s1. The lowest BCUT2D eigenvalue weighted by Gasteiger charge is -2.37. The number of nitrogens with zero attached hydrogens (tertiary/aromatic N) is 4. The van der Waals surface area contributed by atoms with E-state index in [4.69, 9.17) is 0 Å². The molecule has 2 aromatic carbocycles. The molecule has 3 aromatic rings. The van der Waals surface area contributed by atoms with E-state index < -0.39 is 0 Å². The molecule has 0 radical (unpaired) electrons. The smallest absolute Gasteiger partial charge is 0.229 e. The monoisotopic (exact) mass is 389 g/mol. The molecular weight excluding hydrogens is 366 g/mol. The van der Waals surface area contributed by atoms with Crippen molar-refractivity contribution in [2.45, 2.75) is 6.42 Å². The molecule has 29 heavy (non-hydrogen) atoms. The van der Waals surface area contributed by atoms with Crippen LogP contribution in [0.15, 0.2) is 54.6 Å². The number of piperazine rings is 1. The van der Waals surface area contributed by atoms with Crippen molar-refractivity contribution in [3.05, 3.63) is 54.6 Å². The fraction of sp³-hybridized carbons (Fsp3) is 0.318. The van der Waals surface area contributed by atoms with Gasteiger partial charge in [-0.05, 0) is 24.3 Å². The van der Waals surface area contributed by atoms with Gasteiger partial charge in [-0.2, -0.15) is 5.10 Å². The fourth-order valence-electron chi connectivity index (χ4n) is 4.31. The van der Waals surface area contributed by atoms with E-state index in [0.717, 1.165) is 24.0 Å². The van der Waals surface area contributed by atoms with Gasteiger partial charge in [-0.3, -0.25) is 19.6 Å². The maximum Gasteiger partial charge on any atom is 0.229 e. The zero-order valence-electron chi connectivity index (χ0n) is 16.1. The number of anilines is 2. The van der Waals surface area contributed by atoms with Crippen molar-refractivity contribution < 1.29 is 9.59 Å². The highest BCUT2D eigenvalue weighted by Gasteiger charge is 2.39. The van der Waals surface area contributed by atoms with Crippen LogP contribution in [-0.4, -0.2) is 59.6 Å². The Bertz CT molecular complexity index is 1040. The lowest BCUT2D eigenvalue weighted by molar-refractivity contribution is -0.136. The van der Waals surface area contributed by atoms with Crippen LogP contribution in [-0.2, 0) is 9.59 Å². The summed E-state index contributed by atoms with van der Waals surface area (Å²) in [6.07, 6.45) is 0.249. The van der Waals surface area contributed by atoms with Gasteiger partial charge in [0.05, 0.1) is 11.4 Å². The van der Waals surface area contributed by atoms with E-state index in [2.05, 4.69) is 27.2 Å². The molecule has 0 aliphatic carbocycles. The minimum Gasteiger partial charge on any atom is -0.368 e. The summed E-state index contributed by atoms with van der Waals surface area (Å²) in [4.78, 5) is 31.6. The molecule has 0 bridgehead atoms. The molecule has 148 valence electrons. The van der Waals surface area contributed by atoms with Gasteiger partial charge in [0, 0.05) is 50.2 Å². The van der Waals surface area contributed by atoms with Crippen LogP contribution in [0.4, 0.5) is 11.5 Å². The van der Waals surface area contributed by atoms with E-state index in [1.165, 1.54) is 5.69 Å². The van der Waals surface area contributed by atoms with Crippen LogP contribution in [0.3, 0.4) is 0 Å². The normalized spacial score (nSPS) is 19.9. The minimum absolute atomic E-state index is 0.0384. The van der Waals surface area contributed by atoms with Gasteiger partial charge < -0.3 is 9.80 Å². The maximum atomic E-state index is 13.1. The largest absolute Gasteiger partial charge is 0.368 e. The first-order chi connectivity index (χ1) is 14.2. The number of amides is 2. The molecule has 7 heteroatoms. The number of aromatic nitrogens is 2. The van der Waals surface area contributed by atoms with Gasteiger partial charge >= 0.3 is 0 Å². The van der Waals surface area contributed by atoms with Gasteiger partial charge in [0.1, 0.15) is 0 Å². The molecule has 5 rings (SSSR count). The molecule has 3 heterocycles. The van der Waals surface area contributed by atoms with Crippen molar-refractivity contribution in [2.75, 3.05) is 42.5 Å². The number of carbonyl (C=O) groups is 2. The SMILES string of the molecule is O=C([C@@H]1CC(=O)N(c2n[nH]c3ccccc23)C1)N1CCN(c2ccccc2)CC1. The van der Waals surface area contributed by atoms with Crippen molar-refractivity contribution in [3.63, 3.8) is 0 Å². The zero-order valence-corrected chi connectivity index (χ0v) is 16.1. The predicted molar refractivity (Wildman–Crippen MR) is 112 cm³/mol. The van der Waals surface area contributed by atoms with Gasteiger partial charge in [-0.25, -0.2) is 0 Å². The third-order valence-corrected chi connectivity index (χ3v) is 5.89. The molecule has 2 aliphatic rings. The lowest BCUT2D eigenvalue weighted by atomic mass is 10.1. The molecule has 2 amide bonds. The van der Waals surface area contributed by atoms with E-state index in [0.29, 0.717) is 25.5 Å². The third kappa shape index (κ3) is 3.22. The highest BCUT2D eigenvalue weighted by molar-refractivity contribution is 6.05. The molecular formula is C22H23N5O2. The summed E-state index contributed by atoms with van der Waals surface area (Å²) in [7, 11) is 0. The number of fused-ring (bicyclic) bond motifs is 1. The average Bonchev–Trinajstić information content (AvgIpc) is 3.37. The van der Waals surface area contributed by atoms with Crippen LogP contribution in [0.2, 0.25) is 0 Å². The second kappa shape index (κ2) is 7.24. The Balaban J connectivity index is 1.25. The highest BCUT2D eigenvalue weighted by Crippen LogP contribution is 2.30. The second-order valence-corrected chi connectivity index (χ2v) is 7.65. The first-order valence-electron chi connectivity index (χ1n) is 10.0. The van der Waals surface area contributed by atoms with E-state index in [1.54, 1.807) is 4.90 Å². The summed E-state index contributed by atoms with van der Waals surface area (Å²) in [6, 6.07) is 18.0. The number of rotatable bonds is 3. The van der Waals surface area contributed by atoms with Crippen LogP contribution in [0.1, 0.15) is 6.42 Å². The van der Waals surface area contributed by atoms with Crippen molar-refractivity contribution >= 4 is 34.2 Å². The molecule has 2 saturated heterocycles. The summed E-state index contributed by atoms with van der Waals surface area (Å²) < 4.78 is 0. The summed E-state index contributed by atoms with van der Waals surface area (Å²) in [5.74, 6) is 0.355. The van der Waals surface area contributed by atoms with Gasteiger partial charge in [-0.15, -0.1) is 0 Å². The van der Waals surface area contributed by atoms with E-state index in [-0.39, 0.29) is 24.2 Å². The molecule has 1 N–H and O–H groups in total. The third-order valence-electron chi connectivity index (χ3n) is 5.89. The van der Waals surface area contributed by atoms with E-state index >= 15 is 0 Å². The molecule has 0 spiro atoms. The van der Waals surface area contributed by atoms with Crippen LogP contribution < -0.4 is 9.80 Å². The zero-order chi connectivity index (χ0) is 19.8. The van der Waals surface area contributed by atoms with E-state index in [9.17, 15) is 9.59 Å².